The van der Waals surface area contributed by atoms with Crippen LogP contribution in [0.3, 0.4) is 0 Å². The zero-order valence-electron chi connectivity index (χ0n) is 15.1. The summed E-state index contributed by atoms with van der Waals surface area (Å²) in [6.07, 6.45) is 2.43. The highest BCUT2D eigenvalue weighted by Gasteiger charge is 2.53. The summed E-state index contributed by atoms with van der Waals surface area (Å²) in [5.41, 5.74) is 0.594. The zero-order chi connectivity index (χ0) is 21.1. The number of benzene rings is 1. The fraction of sp³-hybridized carbons (Fsp3) is 0.333. The minimum absolute atomic E-state index is 0.00646. The molecule has 1 aromatic heterocycles. The minimum atomic E-state index is -4.93. The predicted molar refractivity (Wildman–Crippen MR) is 98.6 cm³/mol. The molecule has 0 unspecified atom stereocenters. The molecule has 8 nitrogen and oxygen atoms in total. The van der Waals surface area contributed by atoms with Gasteiger partial charge in [-0.05, 0) is 43.2 Å². The van der Waals surface area contributed by atoms with E-state index in [9.17, 15) is 22.0 Å². The first-order valence-corrected chi connectivity index (χ1v) is 10.2. The highest BCUT2D eigenvalue weighted by molar-refractivity contribution is 7.92. The van der Waals surface area contributed by atoms with Gasteiger partial charge in [0, 0.05) is 19.0 Å². The standard InChI is InChI=1S/C18H17F2N5O3S/c19-18(20,29(27,28)16-3-1-13(11-21)2-4-16)14-6-9-25(10-7-14)17(26)24-15-5-8-22-23-12-15/h1-5,8,12,14H,6-7,9-10H2,(H,22,24,26). The minimum Gasteiger partial charge on any atom is -0.325 e. The summed E-state index contributed by atoms with van der Waals surface area (Å²) >= 11 is 0. The Morgan fingerprint density at radius 2 is 1.83 bits per heavy atom. The second-order valence-electron chi connectivity index (χ2n) is 6.52. The van der Waals surface area contributed by atoms with Crippen molar-refractivity contribution in [3.05, 3.63) is 48.3 Å². The smallest absolute Gasteiger partial charge is 0.325 e. The Kier molecular flexibility index (Phi) is 5.74. The van der Waals surface area contributed by atoms with Crippen LogP contribution in [0.5, 0.6) is 0 Å². The van der Waals surface area contributed by atoms with Crippen LogP contribution in [0, 0.1) is 17.2 Å². The molecular formula is C18H17F2N5O3S. The summed E-state index contributed by atoms with van der Waals surface area (Å²) < 4.78 is 54.6. The lowest BCUT2D eigenvalue weighted by Gasteiger charge is -2.35. The molecule has 2 aromatic rings. The maximum absolute atomic E-state index is 14.8. The number of halogens is 2. The third kappa shape index (κ3) is 4.17. The van der Waals surface area contributed by atoms with Crippen LogP contribution >= 0.6 is 0 Å². The number of urea groups is 1. The number of alkyl halides is 2. The van der Waals surface area contributed by atoms with Crippen molar-refractivity contribution in [3.8, 4) is 6.07 Å². The maximum atomic E-state index is 14.8. The number of aromatic nitrogens is 2. The van der Waals surface area contributed by atoms with Gasteiger partial charge in [-0.3, -0.25) is 0 Å². The monoisotopic (exact) mass is 421 g/mol. The second-order valence-corrected chi connectivity index (χ2v) is 8.55. The van der Waals surface area contributed by atoms with Gasteiger partial charge < -0.3 is 10.2 Å². The maximum Gasteiger partial charge on any atom is 0.352 e. The van der Waals surface area contributed by atoms with Crippen molar-refractivity contribution in [1.82, 2.24) is 15.1 Å². The Morgan fingerprint density at radius 1 is 1.17 bits per heavy atom. The number of hydrogen-bond acceptors (Lipinski definition) is 6. The molecule has 1 fully saturated rings. The first-order chi connectivity index (χ1) is 13.8. The number of carbonyl (C=O) groups is 1. The topological polar surface area (TPSA) is 116 Å². The van der Waals surface area contributed by atoms with Crippen molar-refractivity contribution in [2.45, 2.75) is 23.0 Å². The summed E-state index contributed by atoms with van der Waals surface area (Å²) in [5.74, 6) is -1.42. The van der Waals surface area contributed by atoms with E-state index in [0.717, 1.165) is 12.1 Å². The third-order valence-corrected chi connectivity index (χ3v) is 6.69. The van der Waals surface area contributed by atoms with E-state index in [0.29, 0.717) is 5.69 Å². The molecule has 1 saturated heterocycles. The van der Waals surface area contributed by atoms with Gasteiger partial charge in [-0.2, -0.15) is 24.2 Å². The normalized spacial score (nSPS) is 15.6. The quantitative estimate of drug-likeness (QED) is 0.811. The number of anilines is 1. The van der Waals surface area contributed by atoms with Crippen molar-refractivity contribution < 1.29 is 22.0 Å². The summed E-state index contributed by atoms with van der Waals surface area (Å²) in [4.78, 5) is 13.1. The first-order valence-electron chi connectivity index (χ1n) is 8.71. The van der Waals surface area contributed by atoms with E-state index in [4.69, 9.17) is 5.26 Å². The number of likely N-dealkylation sites (tertiary alicyclic amines) is 1. The van der Waals surface area contributed by atoms with E-state index in [1.54, 1.807) is 0 Å². The molecule has 2 amide bonds. The highest BCUT2D eigenvalue weighted by Crippen LogP contribution is 2.41. The lowest BCUT2D eigenvalue weighted by Crippen LogP contribution is -2.47. The molecule has 0 saturated carbocycles. The Labute approximate surface area is 166 Å². The van der Waals surface area contributed by atoms with Gasteiger partial charge in [0.15, 0.2) is 0 Å². The predicted octanol–water partition coefficient (Wildman–Crippen LogP) is 2.66. The van der Waals surface area contributed by atoms with Crippen molar-refractivity contribution in [1.29, 1.82) is 5.26 Å². The number of rotatable bonds is 4. The van der Waals surface area contributed by atoms with Crippen LogP contribution in [0.1, 0.15) is 18.4 Å². The van der Waals surface area contributed by atoms with Gasteiger partial charge >= 0.3 is 11.3 Å². The van der Waals surface area contributed by atoms with E-state index >= 15 is 0 Å². The molecule has 29 heavy (non-hydrogen) atoms. The molecule has 2 heterocycles. The molecule has 0 radical (unpaired) electrons. The van der Waals surface area contributed by atoms with Gasteiger partial charge in [0.2, 0.25) is 9.84 Å². The lowest BCUT2D eigenvalue weighted by atomic mass is 9.97. The van der Waals surface area contributed by atoms with Gasteiger partial charge in [0.05, 0.1) is 34.6 Å². The van der Waals surface area contributed by atoms with Gasteiger partial charge in [-0.1, -0.05) is 0 Å². The number of hydrogen-bond donors (Lipinski definition) is 1. The molecule has 1 N–H and O–H groups in total. The van der Waals surface area contributed by atoms with Crippen molar-refractivity contribution in [2.75, 3.05) is 18.4 Å². The van der Waals surface area contributed by atoms with Crippen LogP contribution in [0.15, 0.2) is 47.6 Å². The van der Waals surface area contributed by atoms with Crippen LogP contribution in [0.2, 0.25) is 0 Å². The number of piperidine rings is 1. The van der Waals surface area contributed by atoms with E-state index in [1.807, 2.05) is 6.07 Å². The van der Waals surface area contributed by atoms with Crippen LogP contribution in [-0.2, 0) is 9.84 Å². The Balaban J connectivity index is 1.67. The number of nitriles is 1. The second kappa shape index (κ2) is 8.08. The average molecular weight is 421 g/mol. The number of nitrogens with zero attached hydrogens (tertiary/aromatic N) is 4. The molecule has 0 aliphatic carbocycles. The van der Waals surface area contributed by atoms with Crippen LogP contribution in [0.25, 0.3) is 0 Å². The number of nitrogens with one attached hydrogen (secondary N) is 1. The molecule has 1 aliphatic rings. The Hall–Kier alpha value is -3.13. The molecule has 1 aliphatic heterocycles. The van der Waals surface area contributed by atoms with Crippen molar-refractivity contribution in [2.24, 2.45) is 5.92 Å². The Bertz CT molecular complexity index is 1020. The van der Waals surface area contributed by atoms with E-state index in [2.05, 4.69) is 15.5 Å². The molecule has 0 spiro atoms. The first kappa shape index (κ1) is 20.6. The van der Waals surface area contributed by atoms with Crippen LogP contribution in [-0.4, -0.2) is 47.9 Å². The molecule has 3 rings (SSSR count). The van der Waals surface area contributed by atoms with E-state index in [-0.39, 0.29) is 31.5 Å². The summed E-state index contributed by atoms with van der Waals surface area (Å²) in [6.45, 7) is -0.0129. The SMILES string of the molecule is N#Cc1ccc(S(=O)(=O)C(F)(F)C2CCN(C(=O)Nc3ccnnc3)CC2)cc1. The molecular weight excluding hydrogens is 404 g/mol. The van der Waals surface area contributed by atoms with Crippen LogP contribution < -0.4 is 5.32 Å². The molecule has 11 heteroatoms. The van der Waals surface area contributed by atoms with Crippen molar-refractivity contribution in [3.63, 3.8) is 0 Å². The average Bonchev–Trinajstić information content (AvgIpc) is 2.74. The molecule has 152 valence electrons. The summed E-state index contributed by atoms with van der Waals surface area (Å²) in [5, 5.41) is 14.6. The lowest BCUT2D eigenvalue weighted by molar-refractivity contribution is 0.000425. The summed E-state index contributed by atoms with van der Waals surface area (Å²) in [6, 6.07) is 7.25. The molecule has 0 atom stereocenters. The van der Waals surface area contributed by atoms with Crippen molar-refractivity contribution >= 4 is 21.6 Å². The fourth-order valence-corrected chi connectivity index (χ4v) is 4.55. The van der Waals surface area contributed by atoms with Gasteiger partial charge in [0.1, 0.15) is 0 Å². The molecule has 0 bridgehead atoms. The molecule has 1 aromatic carbocycles. The fourth-order valence-electron chi connectivity index (χ4n) is 3.07. The summed E-state index contributed by atoms with van der Waals surface area (Å²) in [7, 11) is -4.93. The Morgan fingerprint density at radius 3 is 2.38 bits per heavy atom. The highest BCUT2D eigenvalue weighted by atomic mass is 32.2. The third-order valence-electron chi connectivity index (χ3n) is 4.74. The number of amides is 2. The van der Waals surface area contributed by atoms with E-state index < -0.39 is 31.9 Å². The number of carbonyl (C=O) groups excluding carboxylic acids is 1. The van der Waals surface area contributed by atoms with E-state index in [1.165, 1.54) is 35.5 Å². The van der Waals surface area contributed by atoms with Gasteiger partial charge in [-0.15, -0.1) is 0 Å². The van der Waals surface area contributed by atoms with Crippen LogP contribution in [0.4, 0.5) is 19.3 Å². The number of sulfone groups is 1. The van der Waals surface area contributed by atoms with Gasteiger partial charge in [0.25, 0.3) is 0 Å². The zero-order valence-corrected chi connectivity index (χ0v) is 15.9. The largest absolute Gasteiger partial charge is 0.352 e. The van der Waals surface area contributed by atoms with Gasteiger partial charge in [-0.25, -0.2) is 13.2 Å².